The van der Waals surface area contributed by atoms with Crippen molar-refractivity contribution in [2.24, 2.45) is 0 Å². The molecule has 7 heteroatoms. The van der Waals surface area contributed by atoms with Gasteiger partial charge in [0.15, 0.2) is 0 Å². The van der Waals surface area contributed by atoms with E-state index in [2.05, 4.69) is 22.6 Å². The van der Waals surface area contributed by atoms with E-state index in [1.165, 1.54) is 21.2 Å². The fourth-order valence-electron chi connectivity index (χ4n) is 3.37. The number of fused-ring (bicyclic) bond motifs is 1. The Morgan fingerprint density at radius 2 is 2.12 bits per heavy atom. The Kier molecular flexibility index (Phi) is 4.74. The fraction of sp³-hybridized carbons (Fsp3) is 0.316. The zero-order valence-electron chi connectivity index (χ0n) is 14.4. The van der Waals surface area contributed by atoms with Gasteiger partial charge in [0.05, 0.1) is 6.04 Å². The number of aryl methyl sites for hydroxylation is 1. The Hall–Kier alpha value is -2.25. The van der Waals surface area contributed by atoms with Crippen LogP contribution in [0.15, 0.2) is 45.9 Å². The van der Waals surface area contributed by atoms with Gasteiger partial charge in [0, 0.05) is 28.9 Å². The van der Waals surface area contributed by atoms with Crippen molar-refractivity contribution in [2.45, 2.75) is 32.4 Å². The maximum Gasteiger partial charge on any atom is 0.275 e. The standard InChI is InChI=1S/C19H19N3O2S2/c1-2-9-22-17(23)6-5-14(20-22)19(24)21-10-7-15-13(8-12-26-15)18(21)16-4-3-11-25-16/h3-6,8,11-12,18H,2,7,9-10H2,1H3. The molecular formula is C19H19N3O2S2. The molecule has 0 bridgehead atoms. The normalized spacial score (nSPS) is 16.5. The summed E-state index contributed by atoms with van der Waals surface area (Å²) in [5.41, 5.74) is 1.37. The summed E-state index contributed by atoms with van der Waals surface area (Å²) in [6.07, 6.45) is 1.65. The number of hydrogen-bond acceptors (Lipinski definition) is 5. The number of carbonyl (C=O) groups excluding carboxylic acids is 1. The van der Waals surface area contributed by atoms with E-state index in [-0.39, 0.29) is 17.5 Å². The molecule has 1 unspecified atom stereocenters. The first-order valence-electron chi connectivity index (χ1n) is 8.68. The maximum absolute atomic E-state index is 13.3. The van der Waals surface area contributed by atoms with Gasteiger partial charge in [0.1, 0.15) is 5.69 Å². The predicted octanol–water partition coefficient (Wildman–Crippen LogP) is 3.56. The van der Waals surface area contributed by atoms with E-state index < -0.39 is 0 Å². The van der Waals surface area contributed by atoms with Crippen molar-refractivity contribution >= 4 is 28.6 Å². The van der Waals surface area contributed by atoms with E-state index in [0.717, 1.165) is 17.7 Å². The molecule has 1 atom stereocenters. The van der Waals surface area contributed by atoms with Crippen molar-refractivity contribution in [3.05, 3.63) is 72.5 Å². The molecular weight excluding hydrogens is 366 g/mol. The van der Waals surface area contributed by atoms with Crippen LogP contribution >= 0.6 is 22.7 Å². The Balaban J connectivity index is 1.73. The molecule has 4 heterocycles. The van der Waals surface area contributed by atoms with E-state index in [1.807, 2.05) is 23.3 Å². The molecule has 26 heavy (non-hydrogen) atoms. The topological polar surface area (TPSA) is 55.2 Å². The lowest BCUT2D eigenvalue weighted by Gasteiger charge is -2.35. The van der Waals surface area contributed by atoms with Crippen LogP contribution in [0.2, 0.25) is 0 Å². The van der Waals surface area contributed by atoms with Gasteiger partial charge in [-0.2, -0.15) is 5.10 Å². The zero-order valence-corrected chi connectivity index (χ0v) is 16.1. The molecule has 0 saturated heterocycles. The molecule has 1 amide bonds. The molecule has 5 nitrogen and oxygen atoms in total. The molecule has 0 spiro atoms. The molecule has 0 saturated carbocycles. The van der Waals surface area contributed by atoms with Gasteiger partial charge in [-0.05, 0) is 47.4 Å². The van der Waals surface area contributed by atoms with Gasteiger partial charge in [0.25, 0.3) is 11.5 Å². The third-order valence-corrected chi connectivity index (χ3v) is 6.48. The summed E-state index contributed by atoms with van der Waals surface area (Å²) in [6, 6.07) is 9.12. The highest BCUT2D eigenvalue weighted by molar-refractivity contribution is 7.10. The van der Waals surface area contributed by atoms with Gasteiger partial charge < -0.3 is 4.90 Å². The number of carbonyl (C=O) groups is 1. The molecule has 4 rings (SSSR count). The Bertz CT molecular complexity index is 975. The molecule has 0 N–H and O–H groups in total. The molecule has 134 valence electrons. The van der Waals surface area contributed by atoms with Crippen LogP contribution in [0.3, 0.4) is 0 Å². The third-order valence-electron chi connectivity index (χ3n) is 4.56. The van der Waals surface area contributed by atoms with Gasteiger partial charge >= 0.3 is 0 Å². The first kappa shape index (κ1) is 17.2. The van der Waals surface area contributed by atoms with Crippen LogP contribution < -0.4 is 5.56 Å². The number of hydrogen-bond donors (Lipinski definition) is 0. The summed E-state index contributed by atoms with van der Waals surface area (Å²) in [7, 11) is 0. The average Bonchev–Trinajstić information content (AvgIpc) is 3.34. The van der Waals surface area contributed by atoms with Gasteiger partial charge in [-0.3, -0.25) is 9.59 Å². The van der Waals surface area contributed by atoms with E-state index in [0.29, 0.717) is 18.8 Å². The van der Waals surface area contributed by atoms with Crippen LogP contribution in [0.1, 0.15) is 45.2 Å². The lowest BCUT2D eigenvalue weighted by molar-refractivity contribution is 0.0689. The quantitative estimate of drug-likeness (QED) is 0.690. The number of rotatable bonds is 4. The van der Waals surface area contributed by atoms with E-state index >= 15 is 0 Å². The molecule has 0 aliphatic carbocycles. The minimum atomic E-state index is -0.169. The van der Waals surface area contributed by atoms with Crippen LogP contribution in [-0.4, -0.2) is 27.1 Å². The second-order valence-corrected chi connectivity index (χ2v) is 8.23. The minimum Gasteiger partial charge on any atom is -0.325 e. The first-order valence-corrected chi connectivity index (χ1v) is 10.4. The smallest absolute Gasteiger partial charge is 0.275 e. The fourth-order valence-corrected chi connectivity index (χ4v) is 5.13. The van der Waals surface area contributed by atoms with Gasteiger partial charge in [-0.15, -0.1) is 22.7 Å². The molecule has 1 aliphatic rings. The monoisotopic (exact) mass is 385 g/mol. The van der Waals surface area contributed by atoms with Gasteiger partial charge in [-0.25, -0.2) is 4.68 Å². The lowest BCUT2D eigenvalue weighted by Crippen LogP contribution is -2.41. The predicted molar refractivity (Wildman–Crippen MR) is 104 cm³/mol. The average molecular weight is 386 g/mol. The van der Waals surface area contributed by atoms with E-state index in [4.69, 9.17) is 0 Å². The molecule has 3 aromatic heterocycles. The third kappa shape index (κ3) is 3.01. The second-order valence-electron chi connectivity index (χ2n) is 6.25. The Morgan fingerprint density at radius 1 is 1.23 bits per heavy atom. The number of amides is 1. The number of nitrogens with zero attached hydrogens (tertiary/aromatic N) is 3. The molecule has 0 aromatic carbocycles. The largest absolute Gasteiger partial charge is 0.325 e. The maximum atomic E-state index is 13.3. The Labute approximate surface area is 159 Å². The van der Waals surface area contributed by atoms with E-state index in [1.54, 1.807) is 28.7 Å². The Morgan fingerprint density at radius 3 is 2.88 bits per heavy atom. The summed E-state index contributed by atoms with van der Waals surface area (Å²) < 4.78 is 1.38. The SMILES string of the molecule is CCCn1nc(C(=O)N2CCc3sccc3C2c2cccs2)ccc1=O. The molecule has 3 aromatic rings. The highest BCUT2D eigenvalue weighted by Crippen LogP contribution is 2.39. The van der Waals surface area contributed by atoms with Crippen LogP contribution in [0, 0.1) is 0 Å². The molecule has 0 fully saturated rings. The molecule has 1 aliphatic heterocycles. The summed E-state index contributed by atoms with van der Waals surface area (Å²) in [5, 5.41) is 8.45. The summed E-state index contributed by atoms with van der Waals surface area (Å²) in [6.45, 7) is 3.16. The van der Waals surface area contributed by atoms with Crippen molar-refractivity contribution in [1.29, 1.82) is 0 Å². The van der Waals surface area contributed by atoms with Crippen molar-refractivity contribution in [3.63, 3.8) is 0 Å². The summed E-state index contributed by atoms with van der Waals surface area (Å²) in [5.74, 6) is -0.120. The highest BCUT2D eigenvalue weighted by atomic mass is 32.1. The molecule has 0 radical (unpaired) electrons. The summed E-state index contributed by atoms with van der Waals surface area (Å²) in [4.78, 5) is 29.6. The first-order chi connectivity index (χ1) is 12.7. The number of thiophene rings is 2. The van der Waals surface area contributed by atoms with Crippen molar-refractivity contribution in [1.82, 2.24) is 14.7 Å². The lowest BCUT2D eigenvalue weighted by atomic mass is 9.98. The van der Waals surface area contributed by atoms with Crippen molar-refractivity contribution in [2.75, 3.05) is 6.54 Å². The van der Waals surface area contributed by atoms with Crippen LogP contribution in [0.25, 0.3) is 0 Å². The van der Waals surface area contributed by atoms with E-state index in [9.17, 15) is 9.59 Å². The van der Waals surface area contributed by atoms with Crippen LogP contribution in [-0.2, 0) is 13.0 Å². The minimum absolute atomic E-state index is 0.0779. The van der Waals surface area contributed by atoms with Gasteiger partial charge in [0.2, 0.25) is 0 Å². The summed E-state index contributed by atoms with van der Waals surface area (Å²) >= 11 is 3.41. The van der Waals surface area contributed by atoms with Crippen LogP contribution in [0.5, 0.6) is 0 Å². The van der Waals surface area contributed by atoms with Crippen molar-refractivity contribution in [3.8, 4) is 0 Å². The number of aromatic nitrogens is 2. The second kappa shape index (κ2) is 7.17. The van der Waals surface area contributed by atoms with Crippen LogP contribution in [0.4, 0.5) is 0 Å². The van der Waals surface area contributed by atoms with Crippen molar-refractivity contribution < 1.29 is 4.79 Å². The zero-order chi connectivity index (χ0) is 18.1. The van der Waals surface area contributed by atoms with Gasteiger partial charge in [-0.1, -0.05) is 13.0 Å². The highest BCUT2D eigenvalue weighted by Gasteiger charge is 2.34.